The number of aryl methyl sites for hydroxylation is 1. The zero-order valence-electron chi connectivity index (χ0n) is 18.9. The zero-order chi connectivity index (χ0) is 22.5. The van der Waals surface area contributed by atoms with Gasteiger partial charge in [0, 0.05) is 69.3 Å². The van der Waals surface area contributed by atoms with Gasteiger partial charge < -0.3 is 14.7 Å². The average Bonchev–Trinajstić information content (AvgIpc) is 3.37. The highest BCUT2D eigenvalue weighted by Crippen LogP contribution is 2.25. The first kappa shape index (κ1) is 22.6. The molecule has 1 aromatic carbocycles. The Bertz CT molecular complexity index is 969. The normalized spacial score (nSPS) is 16.5. The molecule has 2 aliphatic rings. The smallest absolute Gasteiger partial charge is 0.253 e. The summed E-state index contributed by atoms with van der Waals surface area (Å²) in [6, 6.07) is 9.93. The lowest BCUT2D eigenvalue weighted by molar-refractivity contribution is -0.130. The summed E-state index contributed by atoms with van der Waals surface area (Å²) in [4.78, 5) is 40.0. The van der Waals surface area contributed by atoms with E-state index in [-0.39, 0.29) is 11.8 Å². The van der Waals surface area contributed by atoms with Gasteiger partial charge in [-0.1, -0.05) is 30.8 Å². The number of hydrogen-bond acceptors (Lipinski definition) is 6. The predicted molar refractivity (Wildman–Crippen MR) is 127 cm³/mol. The van der Waals surface area contributed by atoms with Crippen LogP contribution in [0.25, 0.3) is 0 Å². The van der Waals surface area contributed by atoms with E-state index in [1.54, 1.807) is 23.6 Å². The third-order valence-electron chi connectivity index (χ3n) is 6.09. The standard InChI is InChI=1S/C24H31N5O2S/c1-3-21-16-22(28-9-4-5-10-28)26-24(25-21)32-17-19-7-6-8-20(15-19)23(31)29-13-11-27(12-14-29)18(2)30/h6-8,15-16H,3-5,9-14,17H2,1-2H3. The molecule has 8 heteroatoms. The molecule has 0 bridgehead atoms. The van der Waals surface area contributed by atoms with Crippen molar-refractivity contribution in [3.63, 3.8) is 0 Å². The number of piperazine rings is 1. The molecular weight excluding hydrogens is 422 g/mol. The molecule has 0 radical (unpaired) electrons. The third-order valence-corrected chi connectivity index (χ3v) is 7.01. The summed E-state index contributed by atoms with van der Waals surface area (Å²) in [7, 11) is 0. The van der Waals surface area contributed by atoms with E-state index >= 15 is 0 Å². The molecular formula is C24H31N5O2S. The van der Waals surface area contributed by atoms with Crippen LogP contribution in [0.2, 0.25) is 0 Å². The highest BCUT2D eigenvalue weighted by molar-refractivity contribution is 7.98. The third kappa shape index (κ3) is 5.41. The minimum Gasteiger partial charge on any atom is -0.356 e. The summed E-state index contributed by atoms with van der Waals surface area (Å²) in [5, 5.41) is 0.795. The van der Waals surface area contributed by atoms with Gasteiger partial charge in [-0.25, -0.2) is 9.97 Å². The maximum Gasteiger partial charge on any atom is 0.253 e. The van der Waals surface area contributed by atoms with E-state index in [1.165, 1.54) is 12.8 Å². The number of carbonyl (C=O) groups is 2. The molecule has 0 aliphatic carbocycles. The molecule has 32 heavy (non-hydrogen) atoms. The summed E-state index contributed by atoms with van der Waals surface area (Å²) in [5.74, 6) is 1.84. The molecule has 0 spiro atoms. The van der Waals surface area contributed by atoms with Gasteiger partial charge in [-0.2, -0.15) is 0 Å². The molecule has 2 aliphatic heterocycles. The van der Waals surface area contributed by atoms with E-state index in [0.29, 0.717) is 37.5 Å². The minimum atomic E-state index is 0.0283. The lowest BCUT2D eigenvalue weighted by Gasteiger charge is -2.34. The molecule has 170 valence electrons. The van der Waals surface area contributed by atoms with Crippen molar-refractivity contribution in [2.24, 2.45) is 0 Å². The molecule has 2 amide bonds. The van der Waals surface area contributed by atoms with Gasteiger partial charge in [-0.15, -0.1) is 0 Å². The number of hydrogen-bond donors (Lipinski definition) is 0. The zero-order valence-corrected chi connectivity index (χ0v) is 19.7. The van der Waals surface area contributed by atoms with Crippen molar-refractivity contribution in [3.8, 4) is 0 Å². The second-order valence-electron chi connectivity index (χ2n) is 8.34. The summed E-state index contributed by atoms with van der Waals surface area (Å²) < 4.78 is 0. The van der Waals surface area contributed by atoms with Gasteiger partial charge in [-0.3, -0.25) is 9.59 Å². The Labute approximate surface area is 194 Å². The lowest BCUT2D eigenvalue weighted by atomic mass is 10.1. The fraction of sp³-hybridized carbons (Fsp3) is 0.500. The van der Waals surface area contributed by atoms with Crippen LogP contribution in [0.5, 0.6) is 0 Å². The molecule has 0 saturated carbocycles. The van der Waals surface area contributed by atoms with Crippen molar-refractivity contribution in [2.45, 2.75) is 44.0 Å². The molecule has 1 aromatic heterocycles. The summed E-state index contributed by atoms with van der Waals surface area (Å²) in [6.07, 6.45) is 3.33. The Hall–Kier alpha value is -2.61. The monoisotopic (exact) mass is 453 g/mol. The molecule has 2 fully saturated rings. The molecule has 2 saturated heterocycles. The van der Waals surface area contributed by atoms with Gasteiger partial charge in [0.05, 0.1) is 0 Å². The maximum atomic E-state index is 13.0. The topological polar surface area (TPSA) is 69.6 Å². The predicted octanol–water partition coefficient (Wildman–Crippen LogP) is 3.24. The van der Waals surface area contributed by atoms with Gasteiger partial charge in [-0.05, 0) is 37.0 Å². The lowest BCUT2D eigenvalue weighted by Crippen LogP contribution is -2.50. The molecule has 4 rings (SSSR count). The molecule has 0 atom stereocenters. The van der Waals surface area contributed by atoms with Crippen molar-refractivity contribution >= 4 is 29.4 Å². The van der Waals surface area contributed by atoms with Crippen LogP contribution in [0.4, 0.5) is 5.82 Å². The highest BCUT2D eigenvalue weighted by atomic mass is 32.2. The quantitative estimate of drug-likeness (QED) is 0.494. The van der Waals surface area contributed by atoms with Crippen LogP contribution in [0.15, 0.2) is 35.5 Å². The number of anilines is 1. The summed E-state index contributed by atoms with van der Waals surface area (Å²) >= 11 is 1.62. The first-order valence-corrected chi connectivity index (χ1v) is 12.4. The number of aromatic nitrogens is 2. The molecule has 7 nitrogen and oxygen atoms in total. The average molecular weight is 454 g/mol. The number of rotatable bonds is 6. The number of benzene rings is 1. The first-order chi connectivity index (χ1) is 15.5. The number of carbonyl (C=O) groups excluding carboxylic acids is 2. The summed E-state index contributed by atoms with van der Waals surface area (Å²) in [5.41, 5.74) is 2.84. The van der Waals surface area contributed by atoms with Crippen molar-refractivity contribution < 1.29 is 9.59 Å². The Balaban J connectivity index is 1.41. The summed E-state index contributed by atoms with van der Waals surface area (Å²) in [6.45, 7) is 8.18. The second-order valence-corrected chi connectivity index (χ2v) is 9.28. The first-order valence-electron chi connectivity index (χ1n) is 11.4. The maximum absolute atomic E-state index is 13.0. The Kier molecular flexibility index (Phi) is 7.29. The van der Waals surface area contributed by atoms with Crippen LogP contribution in [0, 0.1) is 0 Å². The van der Waals surface area contributed by atoms with Crippen LogP contribution in [0.1, 0.15) is 48.3 Å². The van der Waals surface area contributed by atoms with Crippen LogP contribution < -0.4 is 4.90 Å². The Morgan fingerprint density at radius 3 is 2.38 bits per heavy atom. The van der Waals surface area contributed by atoms with E-state index in [9.17, 15) is 9.59 Å². The van der Waals surface area contributed by atoms with Gasteiger partial charge in [0.15, 0.2) is 5.16 Å². The van der Waals surface area contributed by atoms with E-state index in [0.717, 1.165) is 41.7 Å². The van der Waals surface area contributed by atoms with Crippen LogP contribution in [0.3, 0.4) is 0 Å². The van der Waals surface area contributed by atoms with Gasteiger partial charge in [0.1, 0.15) is 5.82 Å². The molecule has 0 N–H and O–H groups in total. The van der Waals surface area contributed by atoms with Crippen molar-refractivity contribution in [1.29, 1.82) is 0 Å². The number of nitrogens with zero attached hydrogens (tertiary/aromatic N) is 5. The van der Waals surface area contributed by atoms with E-state index < -0.39 is 0 Å². The SMILES string of the molecule is CCc1cc(N2CCCC2)nc(SCc2cccc(C(=O)N3CCN(C(C)=O)CC3)c2)n1. The van der Waals surface area contributed by atoms with Crippen LogP contribution >= 0.6 is 11.8 Å². The Morgan fingerprint density at radius 2 is 1.69 bits per heavy atom. The minimum absolute atomic E-state index is 0.0283. The molecule has 0 unspecified atom stereocenters. The van der Waals surface area contributed by atoms with Crippen molar-refractivity contribution in [2.75, 3.05) is 44.2 Å². The van der Waals surface area contributed by atoms with Gasteiger partial charge in [0.25, 0.3) is 5.91 Å². The highest BCUT2D eigenvalue weighted by Gasteiger charge is 2.23. The van der Waals surface area contributed by atoms with Gasteiger partial charge >= 0.3 is 0 Å². The number of amides is 2. The molecule has 3 heterocycles. The van der Waals surface area contributed by atoms with E-state index in [4.69, 9.17) is 9.97 Å². The Morgan fingerprint density at radius 1 is 0.969 bits per heavy atom. The van der Waals surface area contributed by atoms with E-state index in [2.05, 4.69) is 17.9 Å². The van der Waals surface area contributed by atoms with Crippen molar-refractivity contribution in [1.82, 2.24) is 19.8 Å². The fourth-order valence-electron chi connectivity index (χ4n) is 4.16. The van der Waals surface area contributed by atoms with Crippen molar-refractivity contribution in [3.05, 3.63) is 47.2 Å². The van der Waals surface area contributed by atoms with Crippen LogP contribution in [-0.4, -0.2) is 70.9 Å². The van der Waals surface area contributed by atoms with E-state index in [1.807, 2.05) is 29.2 Å². The van der Waals surface area contributed by atoms with Crippen LogP contribution in [-0.2, 0) is 17.0 Å². The second kappa shape index (κ2) is 10.3. The number of thioether (sulfide) groups is 1. The molecule has 2 aromatic rings. The largest absolute Gasteiger partial charge is 0.356 e. The fourth-order valence-corrected chi connectivity index (χ4v) is 4.98. The van der Waals surface area contributed by atoms with Gasteiger partial charge in [0.2, 0.25) is 5.91 Å².